The summed E-state index contributed by atoms with van der Waals surface area (Å²) in [5.41, 5.74) is 1.76. The molecular weight excluding hydrogens is 272 g/mol. The number of hydrogen-bond donors (Lipinski definition) is 1. The third-order valence-corrected chi connectivity index (χ3v) is 4.11. The molecule has 0 unspecified atom stereocenters. The van der Waals surface area contributed by atoms with Crippen LogP contribution in [0.3, 0.4) is 0 Å². The molecule has 1 aromatic heterocycles. The molecule has 0 spiro atoms. The van der Waals surface area contributed by atoms with Crippen LogP contribution in [0.5, 0.6) is 0 Å². The van der Waals surface area contributed by atoms with E-state index in [4.69, 9.17) is 16.7 Å². The number of halogens is 1. The molecule has 4 nitrogen and oxygen atoms in total. The van der Waals surface area contributed by atoms with Gasteiger partial charge in [0, 0.05) is 6.04 Å². The van der Waals surface area contributed by atoms with Gasteiger partial charge < -0.3 is 9.67 Å². The molecule has 1 aliphatic carbocycles. The lowest BCUT2D eigenvalue weighted by molar-refractivity contribution is -0.133. The summed E-state index contributed by atoms with van der Waals surface area (Å²) < 4.78 is 2.09. The third-order valence-electron chi connectivity index (χ3n) is 2.87. The molecule has 2 aromatic rings. The third kappa shape index (κ3) is 2.08. The van der Waals surface area contributed by atoms with Gasteiger partial charge in [0.15, 0.2) is 5.16 Å². The predicted molar refractivity (Wildman–Crippen MR) is 71.4 cm³/mol. The Morgan fingerprint density at radius 3 is 3.00 bits per heavy atom. The monoisotopic (exact) mass is 282 g/mol. The molecule has 1 saturated carbocycles. The zero-order valence-electron chi connectivity index (χ0n) is 9.47. The number of imidazole rings is 1. The van der Waals surface area contributed by atoms with Crippen LogP contribution in [0.2, 0.25) is 5.02 Å². The molecule has 0 saturated heterocycles. The Balaban J connectivity index is 2.09. The van der Waals surface area contributed by atoms with E-state index >= 15 is 0 Å². The van der Waals surface area contributed by atoms with Crippen molar-refractivity contribution in [3.8, 4) is 0 Å². The molecule has 1 aliphatic rings. The molecule has 0 atom stereocenters. The Kier molecular flexibility index (Phi) is 2.95. The summed E-state index contributed by atoms with van der Waals surface area (Å²) in [4.78, 5) is 15.2. The van der Waals surface area contributed by atoms with Gasteiger partial charge in [-0.25, -0.2) is 4.98 Å². The number of hydrogen-bond acceptors (Lipinski definition) is 3. The van der Waals surface area contributed by atoms with E-state index in [1.807, 2.05) is 18.2 Å². The van der Waals surface area contributed by atoms with Gasteiger partial charge in [0.1, 0.15) is 0 Å². The van der Waals surface area contributed by atoms with Crippen molar-refractivity contribution in [3.05, 3.63) is 23.2 Å². The van der Waals surface area contributed by atoms with Crippen molar-refractivity contribution in [3.63, 3.8) is 0 Å². The molecule has 1 aromatic carbocycles. The molecule has 1 N–H and O–H groups in total. The lowest BCUT2D eigenvalue weighted by Gasteiger charge is -2.06. The van der Waals surface area contributed by atoms with Crippen LogP contribution >= 0.6 is 23.4 Å². The number of nitrogens with zero attached hydrogens (tertiary/aromatic N) is 2. The number of carbonyl (C=O) groups is 1. The maximum atomic E-state index is 10.7. The summed E-state index contributed by atoms with van der Waals surface area (Å²) in [6.45, 7) is 0. The van der Waals surface area contributed by atoms with Gasteiger partial charge in [0.05, 0.1) is 21.8 Å². The van der Waals surface area contributed by atoms with E-state index in [-0.39, 0.29) is 5.75 Å². The van der Waals surface area contributed by atoms with E-state index < -0.39 is 5.97 Å². The maximum Gasteiger partial charge on any atom is 0.313 e. The Bertz CT molecular complexity index is 622. The Morgan fingerprint density at radius 1 is 1.56 bits per heavy atom. The van der Waals surface area contributed by atoms with Crippen LogP contribution in [0.4, 0.5) is 0 Å². The van der Waals surface area contributed by atoms with E-state index in [9.17, 15) is 4.79 Å². The second-order valence-corrected chi connectivity index (χ2v) is 5.64. The average Bonchev–Trinajstić information content (AvgIpc) is 3.08. The molecule has 0 aliphatic heterocycles. The molecule has 6 heteroatoms. The van der Waals surface area contributed by atoms with Crippen LogP contribution in [0.15, 0.2) is 23.4 Å². The molecular formula is C12H11ClN2O2S. The SMILES string of the molecule is O=C(O)CSc1nc2cccc(Cl)c2n1C1CC1. The zero-order chi connectivity index (χ0) is 12.7. The van der Waals surface area contributed by atoms with Crippen LogP contribution in [-0.4, -0.2) is 26.4 Å². The van der Waals surface area contributed by atoms with Crippen molar-refractivity contribution in [2.75, 3.05) is 5.75 Å². The van der Waals surface area contributed by atoms with E-state index in [0.29, 0.717) is 11.1 Å². The fourth-order valence-corrected chi connectivity index (χ4v) is 3.04. The van der Waals surface area contributed by atoms with Gasteiger partial charge in [0.25, 0.3) is 0 Å². The molecule has 1 fully saturated rings. The van der Waals surface area contributed by atoms with Crippen LogP contribution < -0.4 is 0 Å². The molecule has 1 heterocycles. The van der Waals surface area contributed by atoms with Gasteiger partial charge in [-0.3, -0.25) is 4.79 Å². The highest BCUT2D eigenvalue weighted by atomic mass is 35.5. The number of rotatable bonds is 4. The second-order valence-electron chi connectivity index (χ2n) is 4.29. The Morgan fingerprint density at radius 2 is 2.33 bits per heavy atom. The van der Waals surface area contributed by atoms with E-state index in [0.717, 1.165) is 29.0 Å². The van der Waals surface area contributed by atoms with E-state index in [1.54, 1.807) is 0 Å². The summed E-state index contributed by atoms with van der Waals surface area (Å²) in [7, 11) is 0. The highest BCUT2D eigenvalue weighted by Gasteiger charge is 2.29. The molecule has 94 valence electrons. The van der Waals surface area contributed by atoms with Crippen molar-refractivity contribution < 1.29 is 9.90 Å². The van der Waals surface area contributed by atoms with Crippen LogP contribution in [0, 0.1) is 0 Å². The molecule has 3 rings (SSSR count). The quantitative estimate of drug-likeness (QED) is 0.875. The molecule has 0 radical (unpaired) electrons. The molecule has 0 bridgehead atoms. The predicted octanol–water partition coefficient (Wildman–Crippen LogP) is 3.20. The summed E-state index contributed by atoms with van der Waals surface area (Å²) in [6, 6.07) is 6.04. The number of para-hydroxylation sites is 1. The summed E-state index contributed by atoms with van der Waals surface area (Å²) >= 11 is 7.48. The van der Waals surface area contributed by atoms with E-state index in [2.05, 4.69) is 9.55 Å². The van der Waals surface area contributed by atoms with Crippen molar-refractivity contribution in [2.45, 2.75) is 24.0 Å². The smallest absolute Gasteiger partial charge is 0.313 e. The van der Waals surface area contributed by atoms with Crippen molar-refractivity contribution >= 4 is 40.4 Å². The lowest BCUT2D eigenvalue weighted by Crippen LogP contribution is -2.02. The first-order valence-corrected chi connectivity index (χ1v) is 7.04. The Hall–Kier alpha value is -1.20. The number of fused-ring (bicyclic) bond motifs is 1. The van der Waals surface area contributed by atoms with Crippen molar-refractivity contribution in [1.82, 2.24) is 9.55 Å². The molecule has 0 amide bonds. The minimum absolute atomic E-state index is 0.0215. The van der Waals surface area contributed by atoms with Crippen molar-refractivity contribution in [1.29, 1.82) is 0 Å². The van der Waals surface area contributed by atoms with Gasteiger partial charge >= 0.3 is 5.97 Å². The minimum atomic E-state index is -0.833. The summed E-state index contributed by atoms with van der Waals surface area (Å²) in [5.74, 6) is -0.811. The number of aliphatic carboxylic acids is 1. The highest BCUT2D eigenvalue weighted by molar-refractivity contribution is 7.99. The number of carboxylic acid groups (broad SMARTS) is 1. The fraction of sp³-hybridized carbons (Fsp3) is 0.333. The topological polar surface area (TPSA) is 55.1 Å². The van der Waals surface area contributed by atoms with Gasteiger partial charge in [-0.2, -0.15) is 0 Å². The standard InChI is InChI=1S/C12H11ClN2O2S/c13-8-2-1-3-9-11(8)15(7-4-5-7)12(14-9)18-6-10(16)17/h1-3,7H,4-6H2,(H,16,17). The average molecular weight is 283 g/mol. The summed E-state index contributed by atoms with van der Waals surface area (Å²) in [6.07, 6.45) is 2.22. The largest absolute Gasteiger partial charge is 0.481 e. The van der Waals surface area contributed by atoms with Gasteiger partial charge in [-0.15, -0.1) is 0 Å². The maximum absolute atomic E-state index is 10.7. The number of carboxylic acids is 1. The van der Waals surface area contributed by atoms with Crippen LogP contribution in [0.1, 0.15) is 18.9 Å². The number of thioether (sulfide) groups is 1. The number of benzene rings is 1. The molecule has 18 heavy (non-hydrogen) atoms. The lowest BCUT2D eigenvalue weighted by atomic mass is 10.3. The number of aromatic nitrogens is 2. The normalized spacial score (nSPS) is 15.2. The first-order chi connectivity index (χ1) is 8.66. The highest BCUT2D eigenvalue weighted by Crippen LogP contribution is 2.42. The Labute approximate surface area is 113 Å². The first-order valence-electron chi connectivity index (χ1n) is 5.68. The van der Waals surface area contributed by atoms with Crippen LogP contribution in [0.25, 0.3) is 11.0 Å². The minimum Gasteiger partial charge on any atom is -0.481 e. The van der Waals surface area contributed by atoms with Crippen LogP contribution in [-0.2, 0) is 4.79 Å². The van der Waals surface area contributed by atoms with Gasteiger partial charge in [-0.05, 0) is 25.0 Å². The fourth-order valence-electron chi connectivity index (χ4n) is 1.98. The van der Waals surface area contributed by atoms with Crippen molar-refractivity contribution in [2.24, 2.45) is 0 Å². The first kappa shape index (κ1) is 11.9. The van der Waals surface area contributed by atoms with Gasteiger partial charge in [0.2, 0.25) is 0 Å². The van der Waals surface area contributed by atoms with Gasteiger partial charge in [-0.1, -0.05) is 29.4 Å². The summed E-state index contributed by atoms with van der Waals surface area (Å²) in [5, 5.41) is 10.2. The van der Waals surface area contributed by atoms with E-state index in [1.165, 1.54) is 11.8 Å². The zero-order valence-corrected chi connectivity index (χ0v) is 11.0. The second kappa shape index (κ2) is 4.48.